The summed E-state index contributed by atoms with van der Waals surface area (Å²) in [6.07, 6.45) is 1.56. The second-order valence-electron chi connectivity index (χ2n) is 5.24. The molecule has 106 valence electrons. The molecule has 20 heavy (non-hydrogen) atoms. The number of anilines is 1. The van der Waals surface area contributed by atoms with Gasteiger partial charge in [0.2, 0.25) is 5.91 Å². The summed E-state index contributed by atoms with van der Waals surface area (Å²) in [5.41, 5.74) is 0.683. The highest BCUT2D eigenvalue weighted by atomic mass is 16.5. The van der Waals surface area contributed by atoms with Crippen molar-refractivity contribution in [2.75, 3.05) is 24.5 Å². The Balaban J connectivity index is 1.83. The lowest BCUT2D eigenvalue weighted by atomic mass is 10.2. The van der Waals surface area contributed by atoms with Gasteiger partial charge >= 0.3 is 0 Å². The molecule has 5 nitrogen and oxygen atoms in total. The number of hydrogen-bond acceptors (Lipinski definition) is 3. The zero-order valence-corrected chi connectivity index (χ0v) is 11.5. The summed E-state index contributed by atoms with van der Waals surface area (Å²) in [6.45, 7) is 3.41. The van der Waals surface area contributed by atoms with E-state index in [-0.39, 0.29) is 18.4 Å². The Hall–Kier alpha value is -2.04. The molecule has 0 aromatic heterocycles. The Kier molecular flexibility index (Phi) is 3.34. The van der Waals surface area contributed by atoms with Crippen molar-refractivity contribution < 1.29 is 14.3 Å². The number of carbonyl (C=O) groups excluding carboxylic acids is 2. The number of amides is 2. The van der Waals surface area contributed by atoms with E-state index in [2.05, 4.69) is 0 Å². The van der Waals surface area contributed by atoms with Crippen LogP contribution in [0.25, 0.3) is 0 Å². The first kappa shape index (κ1) is 13.0. The largest absolute Gasteiger partial charge is 0.479 e. The standard InChI is InChI=1S/C15H18N2O3/c1-11-15(19)17(10-14(18)16-8-4-5-9-16)12-6-2-3-7-13(12)20-11/h2-3,6-7,11H,4-5,8-10H2,1H3/t11-/m1/s1. The van der Waals surface area contributed by atoms with Crippen molar-refractivity contribution in [2.45, 2.75) is 25.9 Å². The maximum atomic E-state index is 12.3. The van der Waals surface area contributed by atoms with Crippen molar-refractivity contribution in [3.8, 4) is 5.75 Å². The Morgan fingerprint density at radius 3 is 2.75 bits per heavy atom. The number of rotatable bonds is 2. The summed E-state index contributed by atoms with van der Waals surface area (Å²) < 4.78 is 5.57. The second-order valence-corrected chi connectivity index (χ2v) is 5.24. The second kappa shape index (κ2) is 5.15. The number of hydrogen-bond donors (Lipinski definition) is 0. The normalized spacial score (nSPS) is 21.6. The Morgan fingerprint density at radius 2 is 2.00 bits per heavy atom. The van der Waals surface area contributed by atoms with Crippen LogP contribution in [0.3, 0.4) is 0 Å². The van der Waals surface area contributed by atoms with E-state index in [1.165, 1.54) is 0 Å². The topological polar surface area (TPSA) is 49.9 Å². The molecule has 2 heterocycles. The third-order valence-corrected chi connectivity index (χ3v) is 3.83. The molecule has 1 fully saturated rings. The molecule has 1 aromatic rings. The van der Waals surface area contributed by atoms with Gasteiger partial charge in [-0.2, -0.15) is 0 Å². The maximum absolute atomic E-state index is 12.3. The minimum absolute atomic E-state index is 0.0137. The van der Waals surface area contributed by atoms with Crippen molar-refractivity contribution in [1.82, 2.24) is 4.90 Å². The highest BCUT2D eigenvalue weighted by molar-refractivity contribution is 6.03. The van der Waals surface area contributed by atoms with Crippen LogP contribution in [0.5, 0.6) is 5.75 Å². The predicted octanol–water partition coefficient (Wildman–Crippen LogP) is 1.42. The molecule has 2 amide bonds. The lowest BCUT2D eigenvalue weighted by molar-refractivity contribution is -0.132. The molecule has 3 rings (SSSR count). The molecule has 0 spiro atoms. The zero-order valence-electron chi connectivity index (χ0n) is 11.5. The van der Waals surface area contributed by atoms with Gasteiger partial charge in [0.25, 0.3) is 5.91 Å². The van der Waals surface area contributed by atoms with E-state index >= 15 is 0 Å². The fourth-order valence-electron chi connectivity index (χ4n) is 2.72. The Morgan fingerprint density at radius 1 is 1.30 bits per heavy atom. The van der Waals surface area contributed by atoms with Gasteiger partial charge in [-0.15, -0.1) is 0 Å². The fraction of sp³-hybridized carbons (Fsp3) is 0.467. The summed E-state index contributed by atoms with van der Waals surface area (Å²) in [4.78, 5) is 27.9. The molecule has 1 saturated heterocycles. The summed E-state index contributed by atoms with van der Waals surface area (Å²) >= 11 is 0. The van der Waals surface area contributed by atoms with Gasteiger partial charge in [0, 0.05) is 13.1 Å². The molecule has 0 radical (unpaired) electrons. The van der Waals surface area contributed by atoms with Gasteiger partial charge in [-0.05, 0) is 31.9 Å². The van der Waals surface area contributed by atoms with Crippen LogP contribution in [0, 0.1) is 0 Å². The molecule has 1 aromatic carbocycles. The Labute approximate surface area is 118 Å². The first-order chi connectivity index (χ1) is 9.66. The third kappa shape index (κ3) is 2.24. The number of nitrogens with zero attached hydrogens (tertiary/aromatic N) is 2. The Bertz CT molecular complexity index is 538. The van der Waals surface area contributed by atoms with Crippen LogP contribution in [0.4, 0.5) is 5.69 Å². The number of para-hydroxylation sites is 2. The van der Waals surface area contributed by atoms with Crippen LogP contribution < -0.4 is 9.64 Å². The van der Waals surface area contributed by atoms with Crippen LogP contribution in [0.1, 0.15) is 19.8 Å². The third-order valence-electron chi connectivity index (χ3n) is 3.83. The number of carbonyl (C=O) groups is 2. The van der Waals surface area contributed by atoms with E-state index in [0.717, 1.165) is 25.9 Å². The molecule has 0 unspecified atom stereocenters. The van der Waals surface area contributed by atoms with E-state index in [1.807, 2.05) is 29.2 Å². The zero-order chi connectivity index (χ0) is 14.1. The van der Waals surface area contributed by atoms with Crippen LogP contribution in [-0.4, -0.2) is 42.5 Å². The minimum Gasteiger partial charge on any atom is -0.479 e. The average Bonchev–Trinajstić information content (AvgIpc) is 2.98. The van der Waals surface area contributed by atoms with E-state index in [1.54, 1.807) is 11.8 Å². The lowest BCUT2D eigenvalue weighted by Gasteiger charge is -2.33. The number of ether oxygens (including phenoxy) is 1. The number of benzene rings is 1. The van der Waals surface area contributed by atoms with Gasteiger partial charge in [0.05, 0.1) is 5.69 Å². The number of fused-ring (bicyclic) bond motifs is 1. The summed E-state index contributed by atoms with van der Waals surface area (Å²) in [5, 5.41) is 0. The lowest BCUT2D eigenvalue weighted by Crippen LogP contribution is -2.49. The van der Waals surface area contributed by atoms with Crippen LogP contribution >= 0.6 is 0 Å². The van der Waals surface area contributed by atoms with Crippen molar-refractivity contribution in [3.05, 3.63) is 24.3 Å². The van der Waals surface area contributed by atoms with E-state index in [0.29, 0.717) is 11.4 Å². The van der Waals surface area contributed by atoms with Crippen LogP contribution in [0.2, 0.25) is 0 Å². The van der Waals surface area contributed by atoms with Gasteiger partial charge < -0.3 is 9.64 Å². The number of likely N-dealkylation sites (tertiary alicyclic amines) is 1. The molecule has 1 atom stereocenters. The molecule has 0 N–H and O–H groups in total. The average molecular weight is 274 g/mol. The van der Waals surface area contributed by atoms with Gasteiger partial charge in [0.1, 0.15) is 12.3 Å². The monoisotopic (exact) mass is 274 g/mol. The molecular weight excluding hydrogens is 256 g/mol. The summed E-state index contributed by atoms with van der Waals surface area (Å²) in [5.74, 6) is 0.518. The molecule has 0 bridgehead atoms. The van der Waals surface area contributed by atoms with Gasteiger partial charge in [-0.1, -0.05) is 12.1 Å². The highest BCUT2D eigenvalue weighted by Gasteiger charge is 2.33. The smallest absolute Gasteiger partial charge is 0.268 e. The highest BCUT2D eigenvalue weighted by Crippen LogP contribution is 2.33. The molecule has 2 aliphatic heterocycles. The van der Waals surface area contributed by atoms with Gasteiger partial charge in [0.15, 0.2) is 6.10 Å². The van der Waals surface area contributed by atoms with Crippen molar-refractivity contribution in [2.24, 2.45) is 0 Å². The molecule has 5 heteroatoms. The van der Waals surface area contributed by atoms with Gasteiger partial charge in [-0.25, -0.2) is 0 Å². The van der Waals surface area contributed by atoms with Gasteiger partial charge in [-0.3, -0.25) is 14.5 Å². The molecule has 0 saturated carbocycles. The molecular formula is C15H18N2O3. The SMILES string of the molecule is C[C@H]1Oc2ccccc2N(CC(=O)N2CCCC2)C1=O. The van der Waals surface area contributed by atoms with Crippen molar-refractivity contribution >= 4 is 17.5 Å². The first-order valence-electron chi connectivity index (χ1n) is 7.01. The quantitative estimate of drug-likeness (QED) is 0.819. The summed E-state index contributed by atoms with van der Waals surface area (Å²) in [6, 6.07) is 7.35. The first-order valence-corrected chi connectivity index (χ1v) is 7.01. The maximum Gasteiger partial charge on any atom is 0.268 e. The fourth-order valence-corrected chi connectivity index (χ4v) is 2.72. The summed E-state index contributed by atoms with van der Waals surface area (Å²) in [7, 11) is 0. The van der Waals surface area contributed by atoms with E-state index in [9.17, 15) is 9.59 Å². The van der Waals surface area contributed by atoms with Crippen molar-refractivity contribution in [3.63, 3.8) is 0 Å². The minimum atomic E-state index is -0.545. The van der Waals surface area contributed by atoms with Crippen LogP contribution in [0.15, 0.2) is 24.3 Å². The van der Waals surface area contributed by atoms with Crippen molar-refractivity contribution in [1.29, 1.82) is 0 Å². The van der Waals surface area contributed by atoms with Crippen LogP contribution in [-0.2, 0) is 9.59 Å². The predicted molar refractivity (Wildman–Crippen MR) is 74.7 cm³/mol. The molecule has 0 aliphatic carbocycles. The van der Waals surface area contributed by atoms with E-state index < -0.39 is 6.10 Å². The molecule has 2 aliphatic rings. The van der Waals surface area contributed by atoms with E-state index in [4.69, 9.17) is 4.74 Å².